The van der Waals surface area contributed by atoms with Crippen LogP contribution in [0, 0.1) is 12.8 Å². The van der Waals surface area contributed by atoms with Crippen molar-refractivity contribution in [1.82, 2.24) is 9.88 Å². The molecular formula is C13H21N3OS. The lowest BCUT2D eigenvalue weighted by molar-refractivity contribution is 0.0562. The number of hydrogen-bond acceptors (Lipinski definition) is 4. The van der Waals surface area contributed by atoms with E-state index in [-0.39, 0.29) is 11.9 Å². The van der Waals surface area contributed by atoms with Crippen LogP contribution in [0.15, 0.2) is 5.51 Å². The van der Waals surface area contributed by atoms with E-state index < -0.39 is 0 Å². The third kappa shape index (κ3) is 2.57. The number of rotatable bonds is 3. The molecule has 1 saturated heterocycles. The summed E-state index contributed by atoms with van der Waals surface area (Å²) in [6.45, 7) is 5.49. The number of carbonyl (C=O) groups excluding carboxylic acids is 1. The number of nitrogens with two attached hydrogens (primary N) is 1. The van der Waals surface area contributed by atoms with Gasteiger partial charge in [0.1, 0.15) is 4.88 Å². The van der Waals surface area contributed by atoms with Gasteiger partial charge in [0.25, 0.3) is 5.91 Å². The highest BCUT2D eigenvalue weighted by Crippen LogP contribution is 2.27. The second-order valence-corrected chi connectivity index (χ2v) is 5.81. The standard InChI is InChI=1S/C13H21N3OS/c1-3-10-4-5-16(11(6-10)7-14)13(17)12-9(2)15-8-18-12/h8,10-11H,3-7,14H2,1-2H3. The molecule has 1 aliphatic heterocycles. The predicted octanol–water partition coefficient (Wildman–Crippen LogP) is 2.04. The SMILES string of the molecule is CCC1CCN(C(=O)c2scnc2C)C(CN)C1. The summed E-state index contributed by atoms with van der Waals surface area (Å²) in [7, 11) is 0. The van der Waals surface area contributed by atoms with Gasteiger partial charge in [-0.05, 0) is 25.7 Å². The minimum Gasteiger partial charge on any atom is -0.334 e. The molecule has 5 heteroatoms. The first-order chi connectivity index (χ1) is 8.67. The van der Waals surface area contributed by atoms with E-state index in [1.807, 2.05) is 11.8 Å². The summed E-state index contributed by atoms with van der Waals surface area (Å²) in [6, 6.07) is 0.192. The number of thiazole rings is 1. The topological polar surface area (TPSA) is 59.2 Å². The van der Waals surface area contributed by atoms with E-state index in [2.05, 4.69) is 11.9 Å². The maximum atomic E-state index is 12.5. The summed E-state index contributed by atoms with van der Waals surface area (Å²) in [6.07, 6.45) is 3.31. The number of hydrogen-bond donors (Lipinski definition) is 1. The molecule has 2 N–H and O–H groups in total. The molecule has 0 aromatic carbocycles. The molecule has 1 aromatic rings. The predicted molar refractivity (Wildman–Crippen MR) is 73.7 cm³/mol. The number of aromatic nitrogens is 1. The van der Waals surface area contributed by atoms with Crippen LogP contribution in [0.2, 0.25) is 0 Å². The van der Waals surface area contributed by atoms with Crippen molar-refractivity contribution in [1.29, 1.82) is 0 Å². The third-order valence-electron chi connectivity index (χ3n) is 3.87. The summed E-state index contributed by atoms with van der Waals surface area (Å²) in [4.78, 5) is 19.4. The Morgan fingerprint density at radius 1 is 1.67 bits per heavy atom. The van der Waals surface area contributed by atoms with E-state index in [0.29, 0.717) is 12.5 Å². The number of nitrogens with zero attached hydrogens (tertiary/aromatic N) is 2. The Hall–Kier alpha value is -0.940. The van der Waals surface area contributed by atoms with Crippen molar-refractivity contribution in [2.24, 2.45) is 11.7 Å². The molecule has 1 amide bonds. The Bertz CT molecular complexity index is 418. The third-order valence-corrected chi connectivity index (χ3v) is 4.79. The number of aryl methyl sites for hydroxylation is 1. The summed E-state index contributed by atoms with van der Waals surface area (Å²) in [5, 5.41) is 0. The molecule has 2 unspecified atom stereocenters. The molecule has 2 rings (SSSR count). The van der Waals surface area contributed by atoms with Gasteiger partial charge in [-0.2, -0.15) is 0 Å². The Morgan fingerprint density at radius 2 is 2.44 bits per heavy atom. The van der Waals surface area contributed by atoms with Crippen molar-refractivity contribution in [3.8, 4) is 0 Å². The smallest absolute Gasteiger partial charge is 0.266 e. The van der Waals surface area contributed by atoms with E-state index in [9.17, 15) is 4.79 Å². The number of likely N-dealkylation sites (tertiary alicyclic amines) is 1. The molecular weight excluding hydrogens is 246 g/mol. The number of carbonyl (C=O) groups is 1. The summed E-state index contributed by atoms with van der Waals surface area (Å²) >= 11 is 1.43. The van der Waals surface area contributed by atoms with Crippen LogP contribution < -0.4 is 5.73 Å². The Balaban J connectivity index is 2.13. The van der Waals surface area contributed by atoms with E-state index >= 15 is 0 Å². The van der Waals surface area contributed by atoms with Crippen molar-refractivity contribution in [3.63, 3.8) is 0 Å². The molecule has 0 aliphatic carbocycles. The molecule has 1 aliphatic rings. The van der Waals surface area contributed by atoms with Gasteiger partial charge in [0, 0.05) is 19.1 Å². The van der Waals surface area contributed by atoms with Gasteiger partial charge in [0.05, 0.1) is 11.2 Å². The van der Waals surface area contributed by atoms with Crippen LogP contribution >= 0.6 is 11.3 Å². The molecule has 2 heterocycles. The quantitative estimate of drug-likeness (QED) is 0.911. The summed E-state index contributed by atoms with van der Waals surface area (Å²) in [5.41, 5.74) is 8.40. The first-order valence-corrected chi connectivity index (χ1v) is 7.46. The largest absolute Gasteiger partial charge is 0.334 e. The van der Waals surface area contributed by atoms with Crippen LogP contribution in [-0.4, -0.2) is 34.9 Å². The average molecular weight is 267 g/mol. The van der Waals surface area contributed by atoms with Gasteiger partial charge in [-0.1, -0.05) is 13.3 Å². The molecule has 1 aromatic heterocycles. The molecule has 0 radical (unpaired) electrons. The van der Waals surface area contributed by atoms with E-state index in [1.54, 1.807) is 5.51 Å². The zero-order valence-electron chi connectivity index (χ0n) is 11.1. The minimum atomic E-state index is 0.111. The number of amides is 1. The van der Waals surface area contributed by atoms with Crippen LogP contribution in [0.3, 0.4) is 0 Å². The van der Waals surface area contributed by atoms with E-state index in [0.717, 1.165) is 30.0 Å². The fourth-order valence-corrected chi connectivity index (χ4v) is 3.39. The van der Waals surface area contributed by atoms with Gasteiger partial charge < -0.3 is 10.6 Å². The lowest BCUT2D eigenvalue weighted by atomic mass is 9.89. The van der Waals surface area contributed by atoms with Gasteiger partial charge in [-0.3, -0.25) is 4.79 Å². The van der Waals surface area contributed by atoms with Gasteiger partial charge >= 0.3 is 0 Å². The molecule has 0 bridgehead atoms. The summed E-state index contributed by atoms with van der Waals surface area (Å²) in [5.74, 6) is 0.824. The minimum absolute atomic E-state index is 0.111. The highest BCUT2D eigenvalue weighted by atomic mass is 32.1. The van der Waals surface area contributed by atoms with Crippen LogP contribution in [0.25, 0.3) is 0 Å². The van der Waals surface area contributed by atoms with Gasteiger partial charge in [0.15, 0.2) is 0 Å². The van der Waals surface area contributed by atoms with Crippen molar-refractivity contribution >= 4 is 17.2 Å². The number of piperidine rings is 1. The highest BCUT2D eigenvalue weighted by molar-refractivity contribution is 7.11. The first kappa shape index (κ1) is 13.5. The fourth-order valence-electron chi connectivity index (χ4n) is 2.63. The molecule has 4 nitrogen and oxygen atoms in total. The second kappa shape index (κ2) is 5.80. The maximum Gasteiger partial charge on any atom is 0.266 e. The van der Waals surface area contributed by atoms with Crippen LogP contribution in [-0.2, 0) is 0 Å². The van der Waals surface area contributed by atoms with Gasteiger partial charge in [-0.25, -0.2) is 4.98 Å². The highest BCUT2D eigenvalue weighted by Gasteiger charge is 2.31. The van der Waals surface area contributed by atoms with Gasteiger partial charge in [0.2, 0.25) is 0 Å². The van der Waals surface area contributed by atoms with E-state index in [4.69, 9.17) is 5.73 Å². The monoisotopic (exact) mass is 267 g/mol. The lowest BCUT2D eigenvalue weighted by Gasteiger charge is -2.38. The molecule has 100 valence electrons. The Labute approximate surface area is 112 Å². The zero-order valence-corrected chi connectivity index (χ0v) is 11.9. The molecule has 0 spiro atoms. The summed E-state index contributed by atoms with van der Waals surface area (Å²) < 4.78 is 0. The van der Waals surface area contributed by atoms with Gasteiger partial charge in [-0.15, -0.1) is 11.3 Å². The van der Waals surface area contributed by atoms with Crippen molar-refractivity contribution < 1.29 is 4.79 Å². The Kier molecular flexibility index (Phi) is 4.35. The first-order valence-electron chi connectivity index (χ1n) is 6.58. The zero-order chi connectivity index (χ0) is 13.1. The van der Waals surface area contributed by atoms with Crippen LogP contribution in [0.4, 0.5) is 0 Å². The molecule has 1 fully saturated rings. The Morgan fingerprint density at radius 3 is 3.00 bits per heavy atom. The lowest BCUT2D eigenvalue weighted by Crippen LogP contribution is -2.49. The van der Waals surface area contributed by atoms with Crippen LogP contribution in [0.5, 0.6) is 0 Å². The van der Waals surface area contributed by atoms with E-state index in [1.165, 1.54) is 17.8 Å². The molecule has 18 heavy (non-hydrogen) atoms. The average Bonchev–Trinajstić information content (AvgIpc) is 2.83. The maximum absolute atomic E-state index is 12.5. The van der Waals surface area contributed by atoms with Crippen molar-refractivity contribution in [2.45, 2.75) is 39.2 Å². The van der Waals surface area contributed by atoms with Crippen molar-refractivity contribution in [2.75, 3.05) is 13.1 Å². The molecule has 0 saturated carbocycles. The molecule has 2 atom stereocenters. The van der Waals surface area contributed by atoms with Crippen LogP contribution in [0.1, 0.15) is 41.6 Å². The van der Waals surface area contributed by atoms with Crippen molar-refractivity contribution in [3.05, 3.63) is 16.1 Å². The second-order valence-electron chi connectivity index (χ2n) is 4.95. The normalized spacial score (nSPS) is 24.3. The fraction of sp³-hybridized carbons (Fsp3) is 0.692.